The van der Waals surface area contributed by atoms with Crippen LogP contribution < -0.4 is 15.4 Å². The first-order chi connectivity index (χ1) is 18.1. The number of alkyl carbamates (subject to hydrolysis) is 1. The number of rotatable bonds is 11. The van der Waals surface area contributed by atoms with E-state index in [0.717, 1.165) is 28.2 Å². The lowest BCUT2D eigenvalue weighted by Gasteiger charge is -2.21. The molecule has 1 aromatic heterocycles. The number of ether oxygens (including phenoxy) is 1. The van der Waals surface area contributed by atoms with Crippen molar-refractivity contribution < 1.29 is 27.3 Å². The second kappa shape index (κ2) is 11.5. The van der Waals surface area contributed by atoms with Gasteiger partial charge in [-0.1, -0.05) is 49.4 Å². The largest absolute Gasteiger partial charge is 0.453 e. The quantitative estimate of drug-likeness (QED) is 0.263. The highest BCUT2D eigenvalue weighted by Gasteiger charge is 2.62. The number of amides is 2. The van der Waals surface area contributed by atoms with Gasteiger partial charge in [-0.05, 0) is 42.5 Å². The number of hydrogen-bond acceptors (Lipinski definition) is 7. The van der Waals surface area contributed by atoms with E-state index in [2.05, 4.69) is 10.6 Å². The molecule has 0 saturated heterocycles. The Kier molecular flexibility index (Phi) is 8.34. The maximum atomic E-state index is 13.5. The smallest absolute Gasteiger partial charge is 0.407 e. The van der Waals surface area contributed by atoms with E-state index in [1.807, 2.05) is 47.4 Å². The van der Waals surface area contributed by atoms with Crippen LogP contribution in [0.5, 0.6) is 0 Å². The molecular weight excluding hydrogens is 528 g/mol. The minimum absolute atomic E-state index is 0.167. The summed E-state index contributed by atoms with van der Waals surface area (Å²) in [6.07, 6.45) is 1.12. The molecule has 2 aromatic carbocycles. The Bertz CT molecular complexity index is 1380. The number of aryl methyl sites for hydroxylation is 1. The number of nitrogens with zero attached hydrogens (tertiary/aromatic N) is 1. The van der Waals surface area contributed by atoms with Gasteiger partial charge in [-0.3, -0.25) is 14.1 Å². The fraction of sp³-hybridized carbons (Fsp3) is 0.346. The van der Waals surface area contributed by atoms with E-state index in [4.69, 9.17) is 14.3 Å². The van der Waals surface area contributed by atoms with Crippen LogP contribution >= 0.6 is 11.3 Å². The topological polar surface area (TPSA) is 147 Å². The van der Waals surface area contributed by atoms with E-state index in [1.54, 1.807) is 35.6 Å². The molecule has 1 fully saturated rings. The third kappa shape index (κ3) is 6.69. The number of carbonyl (C=O) groups is 2. The summed E-state index contributed by atoms with van der Waals surface area (Å²) in [7, 11) is -3.10. The lowest BCUT2D eigenvalue weighted by molar-refractivity contribution is -0.124. The first kappa shape index (κ1) is 27.6. The fourth-order valence-corrected chi connectivity index (χ4v) is 5.76. The molecule has 202 valence electrons. The number of thiazole rings is 1. The third-order valence-corrected chi connectivity index (χ3v) is 8.07. The van der Waals surface area contributed by atoms with Crippen LogP contribution in [-0.4, -0.2) is 49.1 Å². The number of benzene rings is 2. The molecule has 4 N–H and O–H groups in total. The third-order valence-electron chi connectivity index (χ3n) is 6.56. The molecule has 4 rings (SSSR count). The molecule has 0 bridgehead atoms. The number of aromatic nitrogens is 1. The van der Waals surface area contributed by atoms with Gasteiger partial charge in [-0.2, -0.15) is 8.42 Å². The van der Waals surface area contributed by atoms with Gasteiger partial charge in [0.05, 0.1) is 23.5 Å². The van der Waals surface area contributed by atoms with Crippen LogP contribution in [0.1, 0.15) is 47.0 Å². The molecule has 1 saturated carbocycles. The number of nitrogens with one attached hydrogen (secondary N) is 3. The van der Waals surface area contributed by atoms with E-state index in [0.29, 0.717) is 12.8 Å². The van der Waals surface area contributed by atoms with Crippen molar-refractivity contribution in [2.75, 3.05) is 18.4 Å². The standard InChI is InChI=1S/C26H30N4O6S2/c1-3-23-28-22(16-37-23)19(13-17-9-11-20(12-10-17)30-38(33,34)35)15-27-24(31)26(29-25(32)36-2)14-21(26)18-7-5-4-6-8-18/h4-12,16,19,21,30H,3,13-15H2,1-2H3,(H,27,31)(H,29,32)(H,33,34,35)/t19-,21-,26?/m1/s1. The Morgan fingerprint density at radius 3 is 2.50 bits per heavy atom. The minimum Gasteiger partial charge on any atom is -0.453 e. The van der Waals surface area contributed by atoms with Gasteiger partial charge in [-0.25, -0.2) is 9.78 Å². The Hall–Kier alpha value is -3.48. The molecule has 3 aromatic rings. The summed E-state index contributed by atoms with van der Waals surface area (Å²) in [5, 5.41) is 8.76. The second-order valence-corrected chi connectivity index (χ2v) is 11.3. The van der Waals surface area contributed by atoms with Crippen molar-refractivity contribution in [3.63, 3.8) is 0 Å². The Morgan fingerprint density at radius 1 is 1.18 bits per heavy atom. The van der Waals surface area contributed by atoms with Crippen molar-refractivity contribution in [1.29, 1.82) is 0 Å². The fourth-order valence-electron chi connectivity index (χ4n) is 4.50. The number of carbonyl (C=O) groups excluding carboxylic acids is 2. The molecule has 38 heavy (non-hydrogen) atoms. The summed E-state index contributed by atoms with van der Waals surface area (Å²) in [6.45, 7) is 2.31. The predicted molar refractivity (Wildman–Crippen MR) is 145 cm³/mol. The van der Waals surface area contributed by atoms with Crippen LogP contribution in [0.4, 0.5) is 10.5 Å². The highest BCUT2D eigenvalue weighted by atomic mass is 32.2. The highest BCUT2D eigenvalue weighted by Crippen LogP contribution is 2.51. The zero-order valence-corrected chi connectivity index (χ0v) is 22.6. The molecule has 1 aliphatic rings. The van der Waals surface area contributed by atoms with Crippen LogP contribution in [0, 0.1) is 0 Å². The molecular formula is C26H30N4O6S2. The molecule has 12 heteroatoms. The maximum Gasteiger partial charge on any atom is 0.407 e. The minimum atomic E-state index is -4.36. The first-order valence-electron chi connectivity index (χ1n) is 12.1. The molecule has 0 aliphatic heterocycles. The summed E-state index contributed by atoms with van der Waals surface area (Å²) < 4.78 is 38.0. The molecule has 1 heterocycles. The lowest BCUT2D eigenvalue weighted by Crippen LogP contribution is -2.51. The number of methoxy groups -OCH3 is 1. The molecule has 3 atom stereocenters. The van der Waals surface area contributed by atoms with Crippen molar-refractivity contribution in [3.05, 3.63) is 81.8 Å². The Labute approximate surface area is 225 Å². The molecule has 1 aliphatic carbocycles. The average molecular weight is 559 g/mol. The summed E-state index contributed by atoms with van der Waals surface area (Å²) >= 11 is 1.56. The van der Waals surface area contributed by atoms with Gasteiger partial charge < -0.3 is 15.4 Å². The molecule has 0 spiro atoms. The average Bonchev–Trinajstić information content (AvgIpc) is 3.42. The van der Waals surface area contributed by atoms with Gasteiger partial charge in [0.25, 0.3) is 0 Å². The molecule has 2 amide bonds. The summed E-state index contributed by atoms with van der Waals surface area (Å²) in [6, 6.07) is 16.2. The SMILES string of the molecule is CCc1nc([C@@H](CNC(=O)C2(NC(=O)OC)C[C@@H]2c2ccccc2)Cc2ccc(NS(=O)(=O)O)cc2)cs1. The van der Waals surface area contributed by atoms with Crippen molar-refractivity contribution in [3.8, 4) is 0 Å². The van der Waals surface area contributed by atoms with Gasteiger partial charge in [-0.15, -0.1) is 11.3 Å². The van der Waals surface area contributed by atoms with Crippen molar-refractivity contribution in [1.82, 2.24) is 15.6 Å². The van der Waals surface area contributed by atoms with Gasteiger partial charge in [0.2, 0.25) is 5.91 Å². The zero-order valence-electron chi connectivity index (χ0n) is 21.0. The van der Waals surface area contributed by atoms with Crippen LogP contribution in [0.15, 0.2) is 60.0 Å². The van der Waals surface area contributed by atoms with E-state index in [9.17, 15) is 18.0 Å². The molecule has 1 unspecified atom stereocenters. The molecule has 10 nitrogen and oxygen atoms in total. The van der Waals surface area contributed by atoms with E-state index < -0.39 is 21.9 Å². The number of anilines is 1. The van der Waals surface area contributed by atoms with Crippen LogP contribution in [0.3, 0.4) is 0 Å². The van der Waals surface area contributed by atoms with E-state index in [1.165, 1.54) is 7.11 Å². The Morgan fingerprint density at radius 2 is 1.89 bits per heavy atom. The van der Waals surface area contributed by atoms with Gasteiger partial charge in [0.1, 0.15) is 5.54 Å². The monoisotopic (exact) mass is 558 g/mol. The van der Waals surface area contributed by atoms with E-state index in [-0.39, 0.29) is 30.0 Å². The summed E-state index contributed by atoms with van der Waals surface area (Å²) in [5.74, 6) is -0.629. The van der Waals surface area contributed by atoms with Gasteiger partial charge >= 0.3 is 16.4 Å². The summed E-state index contributed by atoms with van der Waals surface area (Å²) in [4.78, 5) is 30.3. The summed E-state index contributed by atoms with van der Waals surface area (Å²) in [5.41, 5.74) is 1.84. The van der Waals surface area contributed by atoms with Crippen LogP contribution in [0.25, 0.3) is 0 Å². The van der Waals surface area contributed by atoms with Crippen LogP contribution in [0.2, 0.25) is 0 Å². The van der Waals surface area contributed by atoms with E-state index >= 15 is 0 Å². The second-order valence-electron chi connectivity index (χ2n) is 9.16. The normalized spacial score (nSPS) is 19.3. The van der Waals surface area contributed by atoms with Crippen molar-refractivity contribution in [2.24, 2.45) is 0 Å². The first-order valence-corrected chi connectivity index (χ1v) is 14.4. The van der Waals surface area contributed by atoms with Crippen molar-refractivity contribution >= 4 is 39.3 Å². The molecule has 0 radical (unpaired) electrons. The zero-order chi connectivity index (χ0) is 27.3. The predicted octanol–water partition coefficient (Wildman–Crippen LogP) is 3.65. The maximum absolute atomic E-state index is 13.5. The Balaban J connectivity index is 1.51. The van der Waals surface area contributed by atoms with Gasteiger partial charge in [0.15, 0.2) is 0 Å². The van der Waals surface area contributed by atoms with Crippen LogP contribution in [-0.2, 0) is 32.7 Å². The lowest BCUT2D eigenvalue weighted by atomic mass is 9.96. The highest BCUT2D eigenvalue weighted by molar-refractivity contribution is 7.87. The van der Waals surface area contributed by atoms with Crippen molar-refractivity contribution in [2.45, 2.75) is 43.6 Å². The number of hydrogen-bond donors (Lipinski definition) is 4. The van der Waals surface area contributed by atoms with Gasteiger partial charge in [0, 0.05) is 23.8 Å².